The van der Waals surface area contributed by atoms with Gasteiger partial charge in [-0.1, -0.05) is 5.16 Å². The third-order valence-corrected chi connectivity index (χ3v) is 3.55. The number of fused-ring (bicyclic) bond motifs is 1. The van der Waals surface area contributed by atoms with E-state index < -0.39 is 0 Å². The van der Waals surface area contributed by atoms with Crippen molar-refractivity contribution in [2.75, 3.05) is 13.6 Å². The molecule has 1 aliphatic heterocycles. The summed E-state index contributed by atoms with van der Waals surface area (Å²) in [5.74, 6) is 0.539. The normalized spacial score (nSPS) is 39.0. The first-order valence-corrected chi connectivity index (χ1v) is 5.24. The lowest BCUT2D eigenvalue weighted by atomic mass is 9.77. The first-order chi connectivity index (χ1) is 6.33. The van der Waals surface area contributed by atoms with E-state index in [4.69, 9.17) is 5.21 Å². The monoisotopic (exact) mass is 182 g/mol. The molecule has 0 radical (unpaired) electrons. The van der Waals surface area contributed by atoms with E-state index in [9.17, 15) is 0 Å². The zero-order valence-corrected chi connectivity index (χ0v) is 8.24. The van der Waals surface area contributed by atoms with Crippen molar-refractivity contribution in [3.63, 3.8) is 0 Å². The van der Waals surface area contributed by atoms with Crippen LogP contribution in [0.4, 0.5) is 0 Å². The van der Waals surface area contributed by atoms with Gasteiger partial charge in [0.1, 0.15) is 0 Å². The Balaban J connectivity index is 2.14. The number of hydrogen-bond acceptors (Lipinski definition) is 3. The molecule has 3 nitrogen and oxygen atoms in total. The van der Waals surface area contributed by atoms with E-state index in [1.807, 2.05) is 0 Å². The van der Waals surface area contributed by atoms with Crippen molar-refractivity contribution in [2.24, 2.45) is 11.1 Å². The molecule has 1 heterocycles. The first-order valence-electron chi connectivity index (χ1n) is 5.24. The second kappa shape index (κ2) is 3.66. The SMILES string of the molecule is CN1CCC[C@H]2C(=NO)CCC[C@@H]21. The molecule has 1 saturated carbocycles. The summed E-state index contributed by atoms with van der Waals surface area (Å²) in [6.45, 7) is 1.21. The molecule has 1 aliphatic carbocycles. The lowest BCUT2D eigenvalue weighted by molar-refractivity contribution is 0.131. The van der Waals surface area contributed by atoms with Gasteiger partial charge >= 0.3 is 0 Å². The fraction of sp³-hybridized carbons (Fsp3) is 0.900. The lowest BCUT2D eigenvalue weighted by Gasteiger charge is -2.42. The second-order valence-electron chi connectivity index (χ2n) is 4.28. The fourth-order valence-electron chi connectivity index (χ4n) is 2.84. The van der Waals surface area contributed by atoms with Crippen LogP contribution in [0.1, 0.15) is 32.1 Å². The largest absolute Gasteiger partial charge is 0.411 e. The molecule has 0 aromatic rings. The summed E-state index contributed by atoms with van der Waals surface area (Å²) in [6.07, 6.45) is 5.93. The molecule has 1 N–H and O–H groups in total. The summed E-state index contributed by atoms with van der Waals surface area (Å²) in [5.41, 5.74) is 1.04. The van der Waals surface area contributed by atoms with Crippen LogP contribution in [0.3, 0.4) is 0 Å². The molecule has 2 atom stereocenters. The predicted molar refractivity (Wildman–Crippen MR) is 52.2 cm³/mol. The van der Waals surface area contributed by atoms with Gasteiger partial charge in [0.15, 0.2) is 0 Å². The van der Waals surface area contributed by atoms with Crippen molar-refractivity contribution < 1.29 is 5.21 Å². The van der Waals surface area contributed by atoms with Crippen LogP contribution in [-0.2, 0) is 0 Å². The number of oxime groups is 1. The maximum absolute atomic E-state index is 8.89. The highest BCUT2D eigenvalue weighted by atomic mass is 16.4. The van der Waals surface area contributed by atoms with Crippen LogP contribution in [0.25, 0.3) is 0 Å². The smallest absolute Gasteiger partial charge is 0.0617 e. The zero-order chi connectivity index (χ0) is 9.26. The van der Waals surface area contributed by atoms with Crippen LogP contribution in [-0.4, -0.2) is 35.5 Å². The molecule has 0 aromatic carbocycles. The zero-order valence-electron chi connectivity index (χ0n) is 8.24. The molecule has 0 bridgehead atoms. The maximum Gasteiger partial charge on any atom is 0.0617 e. The topological polar surface area (TPSA) is 35.8 Å². The second-order valence-corrected chi connectivity index (χ2v) is 4.28. The lowest BCUT2D eigenvalue weighted by Crippen LogP contribution is -2.47. The Morgan fingerprint density at radius 2 is 2.23 bits per heavy atom. The molecule has 3 heteroatoms. The van der Waals surface area contributed by atoms with Crippen LogP contribution in [0.5, 0.6) is 0 Å². The Bertz CT molecular complexity index is 215. The Labute approximate surface area is 79.4 Å². The average Bonchev–Trinajstić information content (AvgIpc) is 2.18. The van der Waals surface area contributed by atoms with E-state index in [1.54, 1.807) is 0 Å². The average molecular weight is 182 g/mol. The molecule has 0 unspecified atom stereocenters. The molecule has 2 aliphatic rings. The molecule has 0 spiro atoms. The van der Waals surface area contributed by atoms with Gasteiger partial charge in [-0.05, 0) is 45.7 Å². The highest BCUT2D eigenvalue weighted by Gasteiger charge is 2.35. The van der Waals surface area contributed by atoms with Gasteiger partial charge in [-0.2, -0.15) is 0 Å². The molecular formula is C10H18N2O. The summed E-state index contributed by atoms with van der Waals surface area (Å²) in [4.78, 5) is 2.43. The Morgan fingerprint density at radius 3 is 3.00 bits per heavy atom. The van der Waals surface area contributed by atoms with Gasteiger partial charge in [-0.15, -0.1) is 0 Å². The quantitative estimate of drug-likeness (QED) is 0.457. The first kappa shape index (κ1) is 9.00. The van der Waals surface area contributed by atoms with Crippen molar-refractivity contribution in [1.82, 2.24) is 4.90 Å². The molecule has 0 aromatic heterocycles. The van der Waals surface area contributed by atoms with Crippen LogP contribution < -0.4 is 0 Å². The molecule has 13 heavy (non-hydrogen) atoms. The molecular weight excluding hydrogens is 164 g/mol. The third kappa shape index (κ3) is 1.57. The van der Waals surface area contributed by atoms with Gasteiger partial charge < -0.3 is 10.1 Å². The van der Waals surface area contributed by atoms with Gasteiger partial charge in [-0.3, -0.25) is 0 Å². The van der Waals surface area contributed by atoms with E-state index in [-0.39, 0.29) is 0 Å². The summed E-state index contributed by atoms with van der Waals surface area (Å²) in [5, 5.41) is 12.3. The van der Waals surface area contributed by atoms with E-state index in [0.29, 0.717) is 12.0 Å². The van der Waals surface area contributed by atoms with Crippen LogP contribution >= 0.6 is 0 Å². The number of likely N-dealkylation sites (tertiary alicyclic amines) is 1. The highest BCUT2D eigenvalue weighted by Crippen LogP contribution is 2.32. The minimum Gasteiger partial charge on any atom is -0.411 e. The Kier molecular flexibility index (Phi) is 2.54. The van der Waals surface area contributed by atoms with Crippen molar-refractivity contribution in [2.45, 2.75) is 38.1 Å². The van der Waals surface area contributed by atoms with Gasteiger partial charge in [0.2, 0.25) is 0 Å². The van der Waals surface area contributed by atoms with E-state index in [2.05, 4.69) is 17.1 Å². The summed E-state index contributed by atoms with van der Waals surface area (Å²) in [7, 11) is 2.19. The van der Waals surface area contributed by atoms with E-state index in [0.717, 1.165) is 12.1 Å². The molecule has 74 valence electrons. The Morgan fingerprint density at radius 1 is 1.38 bits per heavy atom. The van der Waals surface area contributed by atoms with E-state index in [1.165, 1.54) is 32.2 Å². The number of rotatable bonds is 0. The van der Waals surface area contributed by atoms with Crippen LogP contribution in [0.15, 0.2) is 5.16 Å². The summed E-state index contributed by atoms with van der Waals surface area (Å²) < 4.78 is 0. The highest BCUT2D eigenvalue weighted by molar-refractivity contribution is 5.87. The standard InChI is InChI=1S/C10H18N2O/c1-12-7-3-4-8-9(11-13)5-2-6-10(8)12/h8,10,13H,2-7H2,1H3/t8-,10-/m0/s1. The number of nitrogens with zero attached hydrogens (tertiary/aromatic N) is 2. The summed E-state index contributed by atoms with van der Waals surface area (Å²) in [6, 6.07) is 0.647. The van der Waals surface area contributed by atoms with Crippen LogP contribution in [0, 0.1) is 5.92 Å². The molecule has 1 saturated heterocycles. The third-order valence-electron chi connectivity index (χ3n) is 3.55. The fourth-order valence-corrected chi connectivity index (χ4v) is 2.84. The number of piperidine rings is 1. The molecule has 0 amide bonds. The van der Waals surface area contributed by atoms with Gasteiger partial charge in [0.25, 0.3) is 0 Å². The van der Waals surface area contributed by atoms with Gasteiger partial charge in [-0.25, -0.2) is 0 Å². The van der Waals surface area contributed by atoms with Crippen molar-refractivity contribution in [3.8, 4) is 0 Å². The van der Waals surface area contributed by atoms with Crippen LogP contribution in [0.2, 0.25) is 0 Å². The predicted octanol–water partition coefficient (Wildman–Crippen LogP) is 1.71. The maximum atomic E-state index is 8.89. The molecule has 2 rings (SSSR count). The van der Waals surface area contributed by atoms with Gasteiger partial charge in [0.05, 0.1) is 5.71 Å². The summed E-state index contributed by atoms with van der Waals surface area (Å²) >= 11 is 0. The minimum atomic E-state index is 0.539. The van der Waals surface area contributed by atoms with Crippen molar-refractivity contribution in [3.05, 3.63) is 0 Å². The minimum absolute atomic E-state index is 0.539. The number of hydrogen-bond donors (Lipinski definition) is 1. The van der Waals surface area contributed by atoms with Crippen molar-refractivity contribution in [1.29, 1.82) is 0 Å². The van der Waals surface area contributed by atoms with Crippen molar-refractivity contribution >= 4 is 5.71 Å². The molecule has 2 fully saturated rings. The van der Waals surface area contributed by atoms with Gasteiger partial charge in [0, 0.05) is 12.0 Å². The Hall–Kier alpha value is -0.570. The van der Waals surface area contributed by atoms with E-state index >= 15 is 0 Å².